The quantitative estimate of drug-likeness (QED) is 0.760. The van der Waals surface area contributed by atoms with Crippen molar-refractivity contribution in [3.05, 3.63) is 40.3 Å². The van der Waals surface area contributed by atoms with Crippen molar-refractivity contribution in [3.8, 4) is 0 Å². The molecule has 0 spiro atoms. The molecular formula is C9H10IO. The Labute approximate surface area is 80.9 Å². The van der Waals surface area contributed by atoms with E-state index in [2.05, 4.69) is 41.6 Å². The fourth-order valence-electron chi connectivity index (χ4n) is 0.798. The van der Waals surface area contributed by atoms with E-state index >= 15 is 0 Å². The normalized spacial score (nSPS) is 10.0. The molecule has 0 amide bonds. The van der Waals surface area contributed by atoms with Gasteiger partial charge in [0.2, 0.25) is 0 Å². The zero-order valence-electron chi connectivity index (χ0n) is 6.22. The third kappa shape index (κ3) is 2.79. The molecule has 1 radical (unpaired) electrons. The predicted octanol–water partition coefficient (Wildman–Crippen LogP) is 2.64. The van der Waals surface area contributed by atoms with E-state index in [-0.39, 0.29) is 0 Å². The summed E-state index contributed by atoms with van der Waals surface area (Å²) in [6.45, 7) is 4.81. The smallest absolute Gasteiger partial charge is 0.0727 e. The maximum Gasteiger partial charge on any atom is 0.0727 e. The molecule has 1 nitrogen and oxygen atoms in total. The molecule has 1 aromatic carbocycles. The molecule has 0 N–H and O–H groups in total. The average Bonchev–Trinajstić information content (AvgIpc) is 2.03. The van der Waals surface area contributed by atoms with Gasteiger partial charge in [0, 0.05) is 10.2 Å². The lowest BCUT2D eigenvalue weighted by atomic mass is 10.2. The van der Waals surface area contributed by atoms with E-state index in [4.69, 9.17) is 4.74 Å². The van der Waals surface area contributed by atoms with Crippen LogP contribution in [-0.4, -0.2) is 6.61 Å². The molecule has 0 unspecified atom stereocenters. The monoisotopic (exact) mass is 261 g/mol. The summed E-state index contributed by atoms with van der Waals surface area (Å²) in [4.78, 5) is 0. The first-order chi connectivity index (χ1) is 5.34. The Morgan fingerprint density at radius 2 is 2.09 bits per heavy atom. The Morgan fingerprint density at radius 3 is 2.73 bits per heavy atom. The van der Waals surface area contributed by atoms with Crippen molar-refractivity contribution in [1.82, 2.24) is 0 Å². The summed E-state index contributed by atoms with van der Waals surface area (Å²) in [6, 6.07) is 8.18. The van der Waals surface area contributed by atoms with Crippen LogP contribution in [0.25, 0.3) is 0 Å². The van der Waals surface area contributed by atoms with Gasteiger partial charge in [-0.05, 0) is 41.1 Å². The zero-order valence-corrected chi connectivity index (χ0v) is 8.37. The van der Waals surface area contributed by atoms with Crippen LogP contribution in [0, 0.1) is 10.5 Å². The standard InChI is InChI=1S/C9H10IO/c1-2-11-7-8-5-3-4-6-9(8)10/h3-6H,1-2,7H2. The Hall–Kier alpha value is -0.0900. The Bertz CT molecular complexity index is 223. The first-order valence-corrected chi connectivity index (χ1v) is 4.53. The summed E-state index contributed by atoms with van der Waals surface area (Å²) >= 11 is 2.30. The van der Waals surface area contributed by atoms with Crippen LogP contribution in [0.2, 0.25) is 0 Å². The lowest BCUT2D eigenvalue weighted by Gasteiger charge is -2.02. The van der Waals surface area contributed by atoms with Crippen molar-refractivity contribution in [3.63, 3.8) is 0 Å². The van der Waals surface area contributed by atoms with Crippen LogP contribution in [0.1, 0.15) is 5.56 Å². The van der Waals surface area contributed by atoms with Crippen molar-refractivity contribution in [1.29, 1.82) is 0 Å². The molecule has 0 bridgehead atoms. The van der Waals surface area contributed by atoms with Crippen LogP contribution in [0.4, 0.5) is 0 Å². The van der Waals surface area contributed by atoms with Crippen LogP contribution in [0.3, 0.4) is 0 Å². The molecule has 0 aliphatic rings. The molecule has 59 valence electrons. The zero-order chi connectivity index (χ0) is 8.10. The van der Waals surface area contributed by atoms with E-state index in [0.29, 0.717) is 13.2 Å². The second-order valence-electron chi connectivity index (χ2n) is 2.14. The third-order valence-electron chi connectivity index (χ3n) is 1.36. The summed E-state index contributed by atoms with van der Waals surface area (Å²) in [6.07, 6.45) is 0. The molecule has 0 atom stereocenters. The molecule has 1 aromatic rings. The van der Waals surface area contributed by atoms with Crippen LogP contribution < -0.4 is 0 Å². The van der Waals surface area contributed by atoms with Gasteiger partial charge in [-0.2, -0.15) is 0 Å². The van der Waals surface area contributed by atoms with Crippen LogP contribution in [-0.2, 0) is 11.3 Å². The highest BCUT2D eigenvalue weighted by Gasteiger charge is 1.95. The first kappa shape index (κ1) is 9.00. The SMILES string of the molecule is [CH2]COCc1ccccc1I. The van der Waals surface area contributed by atoms with E-state index in [0.717, 1.165) is 0 Å². The number of hydrogen-bond donors (Lipinski definition) is 0. The molecular weight excluding hydrogens is 251 g/mol. The van der Waals surface area contributed by atoms with E-state index < -0.39 is 0 Å². The minimum absolute atomic E-state index is 0.533. The molecule has 0 aliphatic heterocycles. The number of benzene rings is 1. The lowest BCUT2D eigenvalue weighted by molar-refractivity contribution is 0.147. The van der Waals surface area contributed by atoms with Gasteiger partial charge < -0.3 is 4.74 Å². The van der Waals surface area contributed by atoms with Crippen LogP contribution >= 0.6 is 22.6 Å². The maximum atomic E-state index is 5.18. The molecule has 0 aromatic heterocycles. The van der Waals surface area contributed by atoms with Gasteiger partial charge >= 0.3 is 0 Å². The average molecular weight is 261 g/mol. The lowest BCUT2D eigenvalue weighted by Crippen LogP contribution is -1.93. The van der Waals surface area contributed by atoms with E-state index in [9.17, 15) is 0 Å². The Kier molecular flexibility index (Phi) is 3.86. The van der Waals surface area contributed by atoms with E-state index in [1.165, 1.54) is 9.13 Å². The molecule has 11 heavy (non-hydrogen) atoms. The fourth-order valence-corrected chi connectivity index (χ4v) is 1.34. The molecule has 0 heterocycles. The second kappa shape index (κ2) is 4.72. The maximum absolute atomic E-state index is 5.18. The third-order valence-corrected chi connectivity index (χ3v) is 2.41. The minimum Gasteiger partial charge on any atom is -0.377 e. The summed E-state index contributed by atoms with van der Waals surface area (Å²) in [5.74, 6) is 0. The highest BCUT2D eigenvalue weighted by molar-refractivity contribution is 14.1. The minimum atomic E-state index is 0.533. The Balaban J connectivity index is 2.62. The largest absolute Gasteiger partial charge is 0.377 e. The summed E-state index contributed by atoms with van der Waals surface area (Å²) in [5, 5.41) is 0. The summed E-state index contributed by atoms with van der Waals surface area (Å²) in [5.41, 5.74) is 1.23. The molecule has 1 rings (SSSR count). The van der Waals surface area contributed by atoms with Crippen molar-refractivity contribution < 1.29 is 4.74 Å². The highest BCUT2D eigenvalue weighted by Crippen LogP contribution is 2.11. The topological polar surface area (TPSA) is 9.23 Å². The van der Waals surface area contributed by atoms with Crippen molar-refractivity contribution in [2.75, 3.05) is 6.61 Å². The van der Waals surface area contributed by atoms with Crippen molar-refractivity contribution in [2.24, 2.45) is 0 Å². The van der Waals surface area contributed by atoms with E-state index in [1.54, 1.807) is 0 Å². The van der Waals surface area contributed by atoms with Gasteiger partial charge in [0.1, 0.15) is 0 Å². The van der Waals surface area contributed by atoms with Crippen LogP contribution in [0.15, 0.2) is 24.3 Å². The van der Waals surface area contributed by atoms with Gasteiger partial charge in [-0.25, -0.2) is 0 Å². The predicted molar refractivity (Wildman–Crippen MR) is 54.2 cm³/mol. The number of hydrogen-bond acceptors (Lipinski definition) is 1. The highest BCUT2D eigenvalue weighted by atomic mass is 127. The van der Waals surface area contributed by atoms with Gasteiger partial charge in [0.25, 0.3) is 0 Å². The molecule has 2 heteroatoms. The fraction of sp³-hybridized carbons (Fsp3) is 0.222. The summed E-state index contributed by atoms with van der Waals surface area (Å²) < 4.78 is 6.43. The van der Waals surface area contributed by atoms with Crippen molar-refractivity contribution in [2.45, 2.75) is 6.61 Å². The van der Waals surface area contributed by atoms with Gasteiger partial charge in [-0.1, -0.05) is 18.2 Å². The van der Waals surface area contributed by atoms with Gasteiger partial charge in [0.15, 0.2) is 0 Å². The summed E-state index contributed by atoms with van der Waals surface area (Å²) in [7, 11) is 0. The number of ether oxygens (including phenoxy) is 1. The Morgan fingerprint density at radius 1 is 1.36 bits per heavy atom. The number of halogens is 1. The first-order valence-electron chi connectivity index (χ1n) is 3.45. The molecule has 0 saturated carbocycles. The molecule has 0 aliphatic carbocycles. The van der Waals surface area contributed by atoms with Gasteiger partial charge in [-0.3, -0.25) is 0 Å². The van der Waals surface area contributed by atoms with E-state index in [1.807, 2.05) is 12.1 Å². The second-order valence-corrected chi connectivity index (χ2v) is 3.31. The number of rotatable bonds is 3. The van der Waals surface area contributed by atoms with Gasteiger partial charge in [-0.15, -0.1) is 0 Å². The molecule has 0 saturated heterocycles. The molecule has 0 fully saturated rings. The van der Waals surface area contributed by atoms with Crippen molar-refractivity contribution >= 4 is 22.6 Å². The van der Waals surface area contributed by atoms with Crippen LogP contribution in [0.5, 0.6) is 0 Å². The van der Waals surface area contributed by atoms with Gasteiger partial charge in [0.05, 0.1) is 6.61 Å².